The molecule has 2 rings (SSSR count). The Morgan fingerprint density at radius 2 is 1.79 bits per heavy atom. The van der Waals surface area contributed by atoms with Crippen LogP contribution in [-0.2, 0) is 0 Å². The van der Waals surface area contributed by atoms with Gasteiger partial charge in [-0.25, -0.2) is 5.01 Å². The summed E-state index contributed by atoms with van der Waals surface area (Å²) in [5.74, 6) is 0. The maximum Gasteiger partial charge on any atom is 0.185 e. The standard InChI is InChI=1S/C14H22N4S/c1-11-4-5-13(10-12(11)2)15-14(19)16-18-8-6-17(3)7-9-18/h4-5,10H,6-9H2,1-3H3,(H2,15,16,19). The molecule has 0 unspecified atom stereocenters. The van der Waals surface area contributed by atoms with E-state index in [1.54, 1.807) is 0 Å². The molecule has 19 heavy (non-hydrogen) atoms. The maximum atomic E-state index is 5.34. The first-order valence-corrected chi connectivity index (χ1v) is 7.04. The monoisotopic (exact) mass is 278 g/mol. The van der Waals surface area contributed by atoms with Gasteiger partial charge in [-0.2, -0.15) is 0 Å². The van der Waals surface area contributed by atoms with Crippen molar-refractivity contribution in [1.82, 2.24) is 15.3 Å². The minimum absolute atomic E-state index is 0.660. The SMILES string of the molecule is Cc1ccc(NC(=S)NN2CCN(C)CC2)cc1C. The van der Waals surface area contributed by atoms with Crippen molar-refractivity contribution >= 4 is 23.0 Å². The second-order valence-electron chi connectivity index (χ2n) is 5.16. The molecule has 0 aromatic heterocycles. The Morgan fingerprint density at radius 3 is 2.42 bits per heavy atom. The molecule has 2 N–H and O–H groups in total. The summed E-state index contributed by atoms with van der Waals surface area (Å²) in [7, 11) is 2.14. The third-order valence-electron chi connectivity index (χ3n) is 3.53. The number of hydrazine groups is 1. The molecule has 0 bridgehead atoms. The molecule has 5 heteroatoms. The molecule has 0 amide bonds. The van der Waals surface area contributed by atoms with E-state index in [1.165, 1.54) is 11.1 Å². The van der Waals surface area contributed by atoms with E-state index in [-0.39, 0.29) is 0 Å². The van der Waals surface area contributed by atoms with Gasteiger partial charge in [0.25, 0.3) is 0 Å². The van der Waals surface area contributed by atoms with Gasteiger partial charge in [-0.05, 0) is 56.4 Å². The van der Waals surface area contributed by atoms with Crippen molar-refractivity contribution in [3.05, 3.63) is 29.3 Å². The first-order valence-electron chi connectivity index (χ1n) is 6.63. The normalized spacial score (nSPS) is 17.2. The molecule has 0 spiro atoms. The van der Waals surface area contributed by atoms with Gasteiger partial charge in [0.1, 0.15) is 0 Å². The van der Waals surface area contributed by atoms with E-state index in [9.17, 15) is 0 Å². The van der Waals surface area contributed by atoms with Gasteiger partial charge in [0.15, 0.2) is 5.11 Å². The summed E-state index contributed by atoms with van der Waals surface area (Å²) >= 11 is 5.34. The third-order valence-corrected chi connectivity index (χ3v) is 3.72. The zero-order chi connectivity index (χ0) is 13.8. The van der Waals surface area contributed by atoms with Gasteiger partial charge in [-0.3, -0.25) is 5.43 Å². The van der Waals surface area contributed by atoms with Crippen LogP contribution in [0.25, 0.3) is 0 Å². The van der Waals surface area contributed by atoms with Gasteiger partial charge in [0.05, 0.1) is 0 Å². The summed E-state index contributed by atoms with van der Waals surface area (Å²) in [6.45, 7) is 8.34. The van der Waals surface area contributed by atoms with E-state index in [1.807, 2.05) is 0 Å². The van der Waals surface area contributed by atoms with E-state index < -0.39 is 0 Å². The average Bonchev–Trinajstić information content (AvgIpc) is 2.37. The second-order valence-corrected chi connectivity index (χ2v) is 5.56. The quantitative estimate of drug-likeness (QED) is 0.805. The predicted octanol–water partition coefficient (Wildman–Crippen LogP) is 1.75. The number of rotatable bonds is 2. The van der Waals surface area contributed by atoms with Gasteiger partial charge in [0, 0.05) is 31.9 Å². The molecule has 4 nitrogen and oxygen atoms in total. The molecule has 1 aliphatic heterocycles. The molecule has 0 saturated carbocycles. The van der Waals surface area contributed by atoms with E-state index in [4.69, 9.17) is 12.2 Å². The van der Waals surface area contributed by atoms with Gasteiger partial charge in [-0.15, -0.1) is 0 Å². The predicted molar refractivity (Wildman–Crippen MR) is 84.3 cm³/mol. The van der Waals surface area contributed by atoms with Gasteiger partial charge in [0.2, 0.25) is 0 Å². The largest absolute Gasteiger partial charge is 0.332 e. The summed E-state index contributed by atoms with van der Waals surface area (Å²) in [6.07, 6.45) is 0. The van der Waals surface area contributed by atoms with Crippen LogP contribution >= 0.6 is 12.2 Å². The summed E-state index contributed by atoms with van der Waals surface area (Å²) < 4.78 is 0. The zero-order valence-corrected chi connectivity index (χ0v) is 12.7. The molecule has 104 valence electrons. The Labute approximate surface area is 120 Å². The highest BCUT2D eigenvalue weighted by atomic mass is 32.1. The van der Waals surface area contributed by atoms with Crippen LogP contribution in [0, 0.1) is 13.8 Å². The van der Waals surface area contributed by atoms with Crippen LogP contribution in [0.2, 0.25) is 0 Å². The molecule has 1 saturated heterocycles. The number of piperazine rings is 1. The highest BCUT2D eigenvalue weighted by molar-refractivity contribution is 7.80. The van der Waals surface area contributed by atoms with Crippen molar-refractivity contribution in [2.75, 3.05) is 38.5 Å². The molecule has 0 radical (unpaired) electrons. The molecule has 1 aliphatic rings. The third kappa shape index (κ3) is 4.16. The minimum Gasteiger partial charge on any atom is -0.332 e. The number of nitrogens with zero attached hydrogens (tertiary/aromatic N) is 2. The number of aryl methyl sites for hydroxylation is 2. The molecular weight excluding hydrogens is 256 g/mol. The minimum atomic E-state index is 0.660. The fourth-order valence-corrected chi connectivity index (χ4v) is 2.29. The van der Waals surface area contributed by atoms with Crippen molar-refractivity contribution in [3.8, 4) is 0 Å². The lowest BCUT2D eigenvalue weighted by Crippen LogP contribution is -2.53. The molecule has 0 atom stereocenters. The van der Waals surface area contributed by atoms with E-state index in [0.717, 1.165) is 31.9 Å². The lowest BCUT2D eigenvalue weighted by molar-refractivity contribution is 0.131. The highest BCUT2D eigenvalue weighted by Crippen LogP contribution is 2.14. The van der Waals surface area contributed by atoms with Crippen LogP contribution in [0.5, 0.6) is 0 Å². The fourth-order valence-electron chi connectivity index (χ4n) is 2.04. The average molecular weight is 278 g/mol. The number of benzene rings is 1. The maximum absolute atomic E-state index is 5.34. The summed E-state index contributed by atoms with van der Waals surface area (Å²) in [6, 6.07) is 6.28. The van der Waals surface area contributed by atoms with Crippen molar-refractivity contribution in [2.45, 2.75) is 13.8 Å². The summed E-state index contributed by atoms with van der Waals surface area (Å²) in [5, 5.41) is 6.06. The Bertz CT molecular complexity index is 453. The van der Waals surface area contributed by atoms with Gasteiger partial charge < -0.3 is 10.2 Å². The Balaban J connectivity index is 1.85. The zero-order valence-electron chi connectivity index (χ0n) is 11.9. The molecular formula is C14H22N4S. The summed E-state index contributed by atoms with van der Waals surface area (Å²) in [5.41, 5.74) is 6.85. The number of hydrogen-bond donors (Lipinski definition) is 2. The van der Waals surface area contributed by atoms with Crippen LogP contribution in [-0.4, -0.2) is 48.2 Å². The molecule has 0 aliphatic carbocycles. The Morgan fingerprint density at radius 1 is 1.11 bits per heavy atom. The molecule has 1 aromatic rings. The molecule has 1 heterocycles. The van der Waals surface area contributed by atoms with Gasteiger partial charge in [-0.1, -0.05) is 6.07 Å². The topological polar surface area (TPSA) is 30.5 Å². The van der Waals surface area contributed by atoms with Crippen LogP contribution in [0.4, 0.5) is 5.69 Å². The van der Waals surface area contributed by atoms with Crippen LogP contribution in [0.15, 0.2) is 18.2 Å². The highest BCUT2D eigenvalue weighted by Gasteiger charge is 2.14. The van der Waals surface area contributed by atoms with Crippen molar-refractivity contribution < 1.29 is 0 Å². The summed E-state index contributed by atoms with van der Waals surface area (Å²) in [4.78, 5) is 2.32. The fraction of sp³-hybridized carbons (Fsp3) is 0.500. The number of anilines is 1. The molecule has 1 aromatic carbocycles. The van der Waals surface area contributed by atoms with E-state index in [2.05, 4.69) is 59.7 Å². The number of likely N-dealkylation sites (N-methyl/N-ethyl adjacent to an activating group) is 1. The lowest BCUT2D eigenvalue weighted by atomic mass is 10.1. The molecule has 1 fully saturated rings. The Kier molecular flexibility index (Phi) is 4.74. The second kappa shape index (κ2) is 6.32. The van der Waals surface area contributed by atoms with Crippen molar-refractivity contribution in [2.24, 2.45) is 0 Å². The number of hydrogen-bond acceptors (Lipinski definition) is 3. The van der Waals surface area contributed by atoms with Crippen LogP contribution in [0.3, 0.4) is 0 Å². The van der Waals surface area contributed by atoms with Crippen molar-refractivity contribution in [1.29, 1.82) is 0 Å². The lowest BCUT2D eigenvalue weighted by Gasteiger charge is -2.33. The van der Waals surface area contributed by atoms with E-state index in [0.29, 0.717) is 5.11 Å². The first kappa shape index (κ1) is 14.2. The Hall–Kier alpha value is -1.17. The number of nitrogens with one attached hydrogen (secondary N) is 2. The van der Waals surface area contributed by atoms with E-state index >= 15 is 0 Å². The number of thiocarbonyl (C=S) groups is 1. The van der Waals surface area contributed by atoms with Crippen molar-refractivity contribution in [3.63, 3.8) is 0 Å². The van der Waals surface area contributed by atoms with Gasteiger partial charge >= 0.3 is 0 Å². The first-order chi connectivity index (χ1) is 9.04. The van der Waals surface area contributed by atoms with Crippen LogP contribution < -0.4 is 10.7 Å². The van der Waals surface area contributed by atoms with Crippen LogP contribution in [0.1, 0.15) is 11.1 Å². The smallest absolute Gasteiger partial charge is 0.185 e.